The minimum Gasteiger partial charge on any atom is -0.383 e. The maximum absolute atomic E-state index is 6.00. The van der Waals surface area contributed by atoms with Crippen LogP contribution in [0.25, 0.3) is 0 Å². The number of halogens is 1. The number of benzene rings is 1. The van der Waals surface area contributed by atoms with Crippen molar-refractivity contribution < 1.29 is 4.74 Å². The summed E-state index contributed by atoms with van der Waals surface area (Å²) in [5.74, 6) is 0.943. The zero-order valence-corrected chi connectivity index (χ0v) is 14.6. The molecule has 1 saturated heterocycles. The number of nitrogens with one attached hydrogen (secondary N) is 1. The fraction of sp³-hybridized carbons (Fsp3) is 0.444. The number of nitrogens with zero attached hydrogens (tertiary/aromatic N) is 3. The van der Waals surface area contributed by atoms with E-state index in [0.717, 1.165) is 36.8 Å². The van der Waals surface area contributed by atoms with Crippen molar-refractivity contribution in [1.82, 2.24) is 15.5 Å². The predicted molar refractivity (Wildman–Crippen MR) is 96.5 cm³/mol. The molecular formula is C18H23ClN4O. The van der Waals surface area contributed by atoms with Gasteiger partial charge in [-0.05, 0) is 42.7 Å². The van der Waals surface area contributed by atoms with Gasteiger partial charge in [0.25, 0.3) is 0 Å². The summed E-state index contributed by atoms with van der Waals surface area (Å²) in [7, 11) is 1.73. The molecule has 24 heavy (non-hydrogen) atoms. The van der Waals surface area contributed by atoms with E-state index >= 15 is 0 Å². The van der Waals surface area contributed by atoms with Crippen LogP contribution in [-0.2, 0) is 4.74 Å². The standard InChI is InChI=1S/C18H23ClN4O/c1-24-13-17(14-6-8-15(19)9-7-14)21-16-4-3-11-23(12-16)18-5-2-10-20-22-18/h2,5-10,16-17,21H,3-4,11-13H2,1H3/t16-,17-/m1/s1. The highest BCUT2D eigenvalue weighted by molar-refractivity contribution is 6.30. The molecule has 1 aliphatic rings. The van der Waals surface area contributed by atoms with Gasteiger partial charge >= 0.3 is 0 Å². The molecule has 0 saturated carbocycles. The van der Waals surface area contributed by atoms with Crippen LogP contribution < -0.4 is 10.2 Å². The van der Waals surface area contributed by atoms with Crippen LogP contribution >= 0.6 is 11.6 Å². The van der Waals surface area contributed by atoms with Crippen molar-refractivity contribution in [3.05, 3.63) is 53.2 Å². The molecule has 0 spiro atoms. The van der Waals surface area contributed by atoms with Gasteiger partial charge in [-0.1, -0.05) is 23.7 Å². The molecule has 0 unspecified atom stereocenters. The summed E-state index contributed by atoms with van der Waals surface area (Å²) in [5.41, 5.74) is 1.19. The van der Waals surface area contributed by atoms with Crippen LogP contribution in [0.2, 0.25) is 5.02 Å². The van der Waals surface area contributed by atoms with Gasteiger partial charge in [0.2, 0.25) is 0 Å². The van der Waals surface area contributed by atoms with Crippen molar-refractivity contribution in [2.45, 2.75) is 24.9 Å². The van der Waals surface area contributed by atoms with Gasteiger partial charge in [-0.15, -0.1) is 5.10 Å². The maximum Gasteiger partial charge on any atom is 0.151 e. The number of ether oxygens (including phenoxy) is 1. The third kappa shape index (κ3) is 4.44. The van der Waals surface area contributed by atoms with E-state index in [9.17, 15) is 0 Å². The van der Waals surface area contributed by atoms with E-state index in [-0.39, 0.29) is 6.04 Å². The van der Waals surface area contributed by atoms with E-state index in [1.807, 2.05) is 24.3 Å². The first kappa shape index (κ1) is 17.1. The zero-order chi connectivity index (χ0) is 16.8. The van der Waals surface area contributed by atoms with Gasteiger partial charge in [0.05, 0.1) is 12.6 Å². The van der Waals surface area contributed by atoms with Crippen LogP contribution in [0.4, 0.5) is 5.82 Å². The molecule has 1 aromatic heterocycles. The van der Waals surface area contributed by atoms with E-state index in [1.54, 1.807) is 13.3 Å². The first-order valence-electron chi connectivity index (χ1n) is 8.29. The number of piperidine rings is 1. The van der Waals surface area contributed by atoms with Crippen molar-refractivity contribution in [1.29, 1.82) is 0 Å². The number of hydrogen-bond acceptors (Lipinski definition) is 5. The Hall–Kier alpha value is -1.69. The molecule has 3 rings (SSSR count). The number of hydrogen-bond donors (Lipinski definition) is 1. The summed E-state index contributed by atoms with van der Waals surface area (Å²) in [4.78, 5) is 2.29. The summed E-state index contributed by atoms with van der Waals surface area (Å²) in [6.45, 7) is 2.57. The van der Waals surface area contributed by atoms with Gasteiger partial charge in [0.1, 0.15) is 0 Å². The van der Waals surface area contributed by atoms with Crippen molar-refractivity contribution in [3.63, 3.8) is 0 Å². The minimum absolute atomic E-state index is 0.152. The topological polar surface area (TPSA) is 50.3 Å². The molecular weight excluding hydrogens is 324 g/mol. The number of methoxy groups -OCH3 is 1. The van der Waals surface area contributed by atoms with Gasteiger partial charge in [0.15, 0.2) is 5.82 Å². The smallest absolute Gasteiger partial charge is 0.151 e. The van der Waals surface area contributed by atoms with Crippen molar-refractivity contribution in [2.24, 2.45) is 0 Å². The zero-order valence-electron chi connectivity index (χ0n) is 13.9. The Morgan fingerprint density at radius 1 is 1.33 bits per heavy atom. The Balaban J connectivity index is 1.67. The molecule has 2 aromatic rings. The number of rotatable bonds is 6. The second-order valence-corrected chi connectivity index (χ2v) is 6.53. The highest BCUT2D eigenvalue weighted by atomic mass is 35.5. The molecule has 6 heteroatoms. The number of aromatic nitrogens is 2. The van der Waals surface area contributed by atoms with E-state index < -0.39 is 0 Å². The average molecular weight is 347 g/mol. The van der Waals surface area contributed by atoms with Gasteiger partial charge in [-0.3, -0.25) is 0 Å². The quantitative estimate of drug-likeness (QED) is 0.871. The van der Waals surface area contributed by atoms with Gasteiger partial charge in [-0.25, -0.2) is 0 Å². The lowest BCUT2D eigenvalue weighted by Crippen LogP contribution is -2.47. The largest absolute Gasteiger partial charge is 0.383 e. The normalized spacial score (nSPS) is 19.2. The fourth-order valence-corrected chi connectivity index (χ4v) is 3.30. The Bertz CT molecular complexity index is 623. The van der Waals surface area contributed by atoms with Crippen molar-refractivity contribution >= 4 is 17.4 Å². The lowest BCUT2D eigenvalue weighted by Gasteiger charge is -2.35. The molecule has 5 nitrogen and oxygen atoms in total. The third-order valence-electron chi connectivity index (χ3n) is 4.35. The van der Waals surface area contributed by atoms with Gasteiger partial charge in [0, 0.05) is 37.5 Å². The summed E-state index contributed by atoms with van der Waals surface area (Å²) < 4.78 is 5.41. The van der Waals surface area contributed by atoms with E-state index in [2.05, 4.69) is 32.5 Å². The maximum atomic E-state index is 6.00. The molecule has 1 N–H and O–H groups in total. The molecule has 2 atom stereocenters. The third-order valence-corrected chi connectivity index (χ3v) is 4.60. The summed E-state index contributed by atoms with van der Waals surface area (Å²) in [6.07, 6.45) is 3.98. The Kier molecular flexibility index (Phi) is 6.01. The second-order valence-electron chi connectivity index (χ2n) is 6.09. The Morgan fingerprint density at radius 2 is 2.17 bits per heavy atom. The Labute approximate surface area is 148 Å². The van der Waals surface area contributed by atoms with Crippen molar-refractivity contribution in [3.8, 4) is 0 Å². The van der Waals surface area contributed by atoms with E-state index in [0.29, 0.717) is 12.6 Å². The average Bonchev–Trinajstić information content (AvgIpc) is 2.63. The molecule has 128 valence electrons. The lowest BCUT2D eigenvalue weighted by molar-refractivity contribution is 0.158. The van der Waals surface area contributed by atoms with Crippen LogP contribution in [-0.4, -0.2) is 43.0 Å². The first-order valence-corrected chi connectivity index (χ1v) is 8.67. The highest BCUT2D eigenvalue weighted by Gasteiger charge is 2.24. The second kappa shape index (κ2) is 8.42. The molecule has 1 fully saturated rings. The molecule has 2 heterocycles. The molecule has 1 aromatic carbocycles. The van der Waals surface area contributed by atoms with Crippen LogP contribution in [0.5, 0.6) is 0 Å². The summed E-state index contributed by atoms with van der Waals surface area (Å²) >= 11 is 6.00. The Morgan fingerprint density at radius 3 is 2.88 bits per heavy atom. The van der Waals surface area contributed by atoms with Gasteiger partial charge in [-0.2, -0.15) is 5.10 Å². The van der Waals surface area contributed by atoms with Crippen LogP contribution in [0.1, 0.15) is 24.4 Å². The first-order chi connectivity index (χ1) is 11.8. The van der Waals surface area contributed by atoms with E-state index in [4.69, 9.17) is 16.3 Å². The SMILES string of the molecule is COC[C@@H](N[C@@H]1CCCN(c2cccnn2)C1)c1ccc(Cl)cc1. The molecule has 0 aliphatic carbocycles. The monoisotopic (exact) mass is 346 g/mol. The summed E-state index contributed by atoms with van der Waals surface area (Å²) in [6, 6.07) is 12.4. The van der Waals surface area contributed by atoms with Crippen LogP contribution in [0, 0.1) is 0 Å². The van der Waals surface area contributed by atoms with Crippen LogP contribution in [0.3, 0.4) is 0 Å². The molecule has 1 aliphatic heterocycles. The van der Waals surface area contributed by atoms with Crippen LogP contribution in [0.15, 0.2) is 42.6 Å². The highest BCUT2D eigenvalue weighted by Crippen LogP contribution is 2.21. The number of anilines is 1. The van der Waals surface area contributed by atoms with Crippen molar-refractivity contribution in [2.75, 3.05) is 31.7 Å². The fourth-order valence-electron chi connectivity index (χ4n) is 3.17. The molecule has 0 bridgehead atoms. The minimum atomic E-state index is 0.152. The predicted octanol–water partition coefficient (Wildman–Crippen LogP) is 3.08. The van der Waals surface area contributed by atoms with Gasteiger partial charge < -0.3 is 15.0 Å². The van der Waals surface area contributed by atoms with E-state index in [1.165, 1.54) is 5.56 Å². The lowest BCUT2D eigenvalue weighted by atomic mass is 10.0. The molecule has 0 amide bonds. The summed E-state index contributed by atoms with van der Waals surface area (Å²) in [5, 5.41) is 12.7. The molecule has 0 radical (unpaired) electrons.